The number of aromatic nitrogens is 2. The molecule has 0 fully saturated rings. The van der Waals surface area contributed by atoms with Crippen molar-refractivity contribution in [2.45, 2.75) is 0 Å². The Morgan fingerprint density at radius 3 is 2.77 bits per heavy atom. The van der Waals surface area contributed by atoms with E-state index in [0.717, 1.165) is 0 Å². The third-order valence-electron chi connectivity index (χ3n) is 3.45. The van der Waals surface area contributed by atoms with E-state index in [0.29, 0.717) is 29.2 Å². The number of carbonyl (C=O) groups excluding carboxylic acids is 1. The first-order valence-electron chi connectivity index (χ1n) is 7.87. The molecule has 0 saturated heterocycles. The summed E-state index contributed by atoms with van der Waals surface area (Å²) in [6, 6.07) is 12.8. The number of carbonyl (C=O) groups is 1. The first-order chi connectivity index (χ1) is 12.7. The van der Waals surface area contributed by atoms with Crippen molar-refractivity contribution in [2.24, 2.45) is 0 Å². The monoisotopic (exact) mass is 353 g/mol. The molecule has 0 unspecified atom stereocenters. The molecule has 0 spiro atoms. The number of benzene rings is 2. The van der Waals surface area contributed by atoms with Gasteiger partial charge in [0.05, 0.1) is 5.56 Å². The quantitative estimate of drug-likeness (QED) is 0.660. The molecule has 26 heavy (non-hydrogen) atoms. The van der Waals surface area contributed by atoms with Crippen LogP contribution in [0, 0.1) is 5.82 Å². The molecule has 1 N–H and O–H groups in total. The summed E-state index contributed by atoms with van der Waals surface area (Å²) in [4.78, 5) is 16.0. The number of nitrogens with zero attached hydrogens (tertiary/aromatic N) is 2. The highest BCUT2D eigenvalue weighted by Crippen LogP contribution is 2.29. The van der Waals surface area contributed by atoms with Crippen molar-refractivity contribution in [1.82, 2.24) is 15.5 Å². The molecule has 132 valence electrons. The predicted octanol–water partition coefficient (Wildman–Crippen LogP) is 3.22. The number of nitrogens with one attached hydrogen (secondary N) is 1. The highest BCUT2D eigenvalue weighted by molar-refractivity contribution is 5.78. The fraction of sp³-hybridized carbons (Fsp3) is 0.105. The van der Waals surface area contributed by atoms with Gasteiger partial charge in [0.1, 0.15) is 11.6 Å². The third-order valence-corrected chi connectivity index (χ3v) is 3.45. The lowest BCUT2D eigenvalue weighted by Gasteiger charge is -2.08. The first-order valence-corrected chi connectivity index (χ1v) is 7.87. The van der Waals surface area contributed by atoms with Crippen LogP contribution in [0.15, 0.2) is 65.7 Å². The zero-order valence-corrected chi connectivity index (χ0v) is 13.8. The standard InChI is InChI=1S/C19H16FN3O3/c1-2-11-21-17(24)12-25-16-6-4-3-5-15(16)18-22-19(26-23-18)13-7-9-14(20)10-8-13/h2-10H,1,11-12H2,(H,21,24). The van der Waals surface area contributed by atoms with E-state index in [1.54, 1.807) is 42.5 Å². The minimum atomic E-state index is -0.345. The molecule has 1 amide bonds. The van der Waals surface area contributed by atoms with Crippen LogP contribution in [0.4, 0.5) is 4.39 Å². The summed E-state index contributed by atoms with van der Waals surface area (Å²) in [7, 11) is 0. The summed E-state index contributed by atoms with van der Waals surface area (Å²) in [6.07, 6.45) is 1.59. The summed E-state index contributed by atoms with van der Waals surface area (Å²) in [5.74, 6) is 0.416. The summed E-state index contributed by atoms with van der Waals surface area (Å²) >= 11 is 0. The van der Waals surface area contributed by atoms with E-state index >= 15 is 0 Å². The molecule has 3 aromatic rings. The van der Waals surface area contributed by atoms with Gasteiger partial charge in [-0.15, -0.1) is 6.58 Å². The van der Waals surface area contributed by atoms with E-state index in [2.05, 4.69) is 22.0 Å². The number of amides is 1. The average molecular weight is 353 g/mol. The second-order valence-electron chi connectivity index (χ2n) is 5.31. The van der Waals surface area contributed by atoms with E-state index in [1.807, 2.05) is 0 Å². The summed E-state index contributed by atoms with van der Waals surface area (Å²) in [6.45, 7) is 3.76. The van der Waals surface area contributed by atoms with Gasteiger partial charge in [0, 0.05) is 12.1 Å². The van der Waals surface area contributed by atoms with Crippen molar-refractivity contribution in [2.75, 3.05) is 13.2 Å². The fourth-order valence-electron chi connectivity index (χ4n) is 2.20. The second-order valence-corrected chi connectivity index (χ2v) is 5.31. The van der Waals surface area contributed by atoms with Crippen LogP contribution in [0.25, 0.3) is 22.8 Å². The largest absolute Gasteiger partial charge is 0.483 e. The molecule has 0 bridgehead atoms. The number of rotatable bonds is 7. The maximum absolute atomic E-state index is 13.0. The lowest BCUT2D eigenvalue weighted by molar-refractivity contribution is -0.122. The van der Waals surface area contributed by atoms with Crippen LogP contribution in [0.2, 0.25) is 0 Å². The zero-order valence-electron chi connectivity index (χ0n) is 13.8. The van der Waals surface area contributed by atoms with E-state index in [1.165, 1.54) is 12.1 Å². The van der Waals surface area contributed by atoms with Gasteiger partial charge in [-0.05, 0) is 36.4 Å². The van der Waals surface area contributed by atoms with Crippen molar-refractivity contribution in [3.63, 3.8) is 0 Å². The van der Waals surface area contributed by atoms with Crippen molar-refractivity contribution in [3.8, 4) is 28.6 Å². The van der Waals surface area contributed by atoms with Crippen molar-refractivity contribution < 1.29 is 18.4 Å². The van der Waals surface area contributed by atoms with Gasteiger partial charge in [0.2, 0.25) is 5.82 Å². The predicted molar refractivity (Wildman–Crippen MR) is 93.8 cm³/mol. The lowest BCUT2D eigenvalue weighted by atomic mass is 10.2. The Kier molecular flexibility index (Phi) is 5.38. The Labute approximate surface area is 149 Å². The molecule has 1 aromatic heterocycles. The Hall–Kier alpha value is -3.48. The van der Waals surface area contributed by atoms with E-state index < -0.39 is 0 Å². The van der Waals surface area contributed by atoms with Gasteiger partial charge in [0.15, 0.2) is 6.61 Å². The molecular formula is C19H16FN3O3. The summed E-state index contributed by atoms with van der Waals surface area (Å²) < 4.78 is 23.8. The van der Waals surface area contributed by atoms with Crippen LogP contribution in [-0.2, 0) is 4.79 Å². The minimum Gasteiger partial charge on any atom is -0.483 e. The molecule has 3 rings (SSSR count). The first kappa shape index (κ1) is 17.3. The summed E-state index contributed by atoms with van der Waals surface area (Å²) in [5.41, 5.74) is 1.19. The third kappa shape index (κ3) is 4.13. The molecule has 0 aliphatic heterocycles. The van der Waals surface area contributed by atoms with Gasteiger partial charge in [-0.3, -0.25) is 4.79 Å². The van der Waals surface area contributed by atoms with Gasteiger partial charge >= 0.3 is 0 Å². The van der Waals surface area contributed by atoms with Crippen LogP contribution in [0.3, 0.4) is 0 Å². The molecule has 0 atom stereocenters. The van der Waals surface area contributed by atoms with E-state index in [9.17, 15) is 9.18 Å². The zero-order chi connectivity index (χ0) is 18.4. The number of hydrogen-bond donors (Lipinski definition) is 1. The number of hydrogen-bond acceptors (Lipinski definition) is 5. The van der Waals surface area contributed by atoms with Crippen molar-refractivity contribution >= 4 is 5.91 Å². The molecule has 6 nitrogen and oxygen atoms in total. The lowest BCUT2D eigenvalue weighted by Crippen LogP contribution is -2.28. The molecule has 1 heterocycles. The highest BCUT2D eigenvalue weighted by atomic mass is 19.1. The van der Waals surface area contributed by atoms with Crippen molar-refractivity contribution in [3.05, 3.63) is 67.0 Å². The minimum absolute atomic E-state index is 0.145. The van der Waals surface area contributed by atoms with Gasteiger partial charge in [-0.25, -0.2) is 4.39 Å². The second kappa shape index (κ2) is 8.06. The van der Waals surface area contributed by atoms with Crippen molar-refractivity contribution in [1.29, 1.82) is 0 Å². The maximum atomic E-state index is 13.0. The molecule has 0 saturated carbocycles. The van der Waals surface area contributed by atoms with Gasteiger partial charge in [-0.2, -0.15) is 4.98 Å². The Morgan fingerprint density at radius 1 is 1.23 bits per heavy atom. The number of ether oxygens (including phenoxy) is 1. The van der Waals surface area contributed by atoms with Crippen LogP contribution in [0.5, 0.6) is 5.75 Å². The van der Waals surface area contributed by atoms with Crippen LogP contribution >= 0.6 is 0 Å². The number of para-hydroxylation sites is 1. The molecule has 0 aliphatic rings. The van der Waals surface area contributed by atoms with Crippen LogP contribution in [-0.4, -0.2) is 29.2 Å². The topological polar surface area (TPSA) is 77.2 Å². The molecular weight excluding hydrogens is 337 g/mol. The smallest absolute Gasteiger partial charge is 0.258 e. The molecule has 0 radical (unpaired) electrons. The normalized spacial score (nSPS) is 10.3. The van der Waals surface area contributed by atoms with E-state index in [4.69, 9.17) is 9.26 Å². The van der Waals surface area contributed by atoms with Crippen LogP contribution in [0.1, 0.15) is 0 Å². The Morgan fingerprint density at radius 2 is 2.00 bits per heavy atom. The van der Waals surface area contributed by atoms with Gasteiger partial charge < -0.3 is 14.6 Å². The number of halogens is 1. The fourth-order valence-corrected chi connectivity index (χ4v) is 2.20. The highest BCUT2D eigenvalue weighted by Gasteiger charge is 2.15. The average Bonchev–Trinajstić information content (AvgIpc) is 3.15. The molecule has 0 aliphatic carbocycles. The summed E-state index contributed by atoms with van der Waals surface area (Å²) in [5, 5.41) is 6.58. The molecule has 2 aromatic carbocycles. The van der Waals surface area contributed by atoms with E-state index in [-0.39, 0.29) is 24.2 Å². The van der Waals surface area contributed by atoms with Gasteiger partial charge in [-0.1, -0.05) is 23.4 Å². The maximum Gasteiger partial charge on any atom is 0.258 e. The van der Waals surface area contributed by atoms with Gasteiger partial charge in [0.25, 0.3) is 11.8 Å². The Balaban J connectivity index is 1.78. The Bertz CT molecular complexity index is 906. The SMILES string of the molecule is C=CCNC(=O)COc1ccccc1-c1noc(-c2ccc(F)cc2)n1. The van der Waals surface area contributed by atoms with Crippen LogP contribution < -0.4 is 10.1 Å². The molecule has 7 heteroatoms.